The highest BCUT2D eigenvalue weighted by Crippen LogP contribution is 2.35. The van der Waals surface area contributed by atoms with E-state index in [1.165, 1.54) is 12.1 Å². The number of likely N-dealkylation sites (N-methyl/N-ethyl adjacent to an activating group) is 1. The SMILES string of the molecule is CN1CCN(c2cc(F)c(-c3ccc(CN4CCOCC4)nc3)cc2NC(=O)c2ccc(=O)n(C(F)(F)F)c2)CC1. The molecule has 1 amide bonds. The Morgan fingerprint density at radius 1 is 1.02 bits per heavy atom. The number of benzene rings is 1. The third-order valence-corrected chi connectivity index (χ3v) is 7.25. The van der Waals surface area contributed by atoms with Crippen LogP contribution in [0.25, 0.3) is 11.1 Å². The number of amides is 1. The first-order chi connectivity index (χ1) is 19.6. The van der Waals surface area contributed by atoms with Crippen molar-refractivity contribution in [3.05, 3.63) is 76.2 Å². The lowest BCUT2D eigenvalue weighted by Gasteiger charge is -2.35. The molecule has 1 aromatic carbocycles. The molecule has 0 atom stereocenters. The fourth-order valence-electron chi connectivity index (χ4n) is 4.87. The summed E-state index contributed by atoms with van der Waals surface area (Å²) in [5.41, 5.74) is 0.459. The second-order valence-corrected chi connectivity index (χ2v) is 10.1. The Bertz CT molecular complexity index is 1450. The van der Waals surface area contributed by atoms with Crippen molar-refractivity contribution >= 4 is 17.3 Å². The molecular weight excluding hydrogens is 544 g/mol. The fraction of sp³-hybridized carbons (Fsp3) is 0.393. The summed E-state index contributed by atoms with van der Waals surface area (Å²) in [7, 11) is 1.97. The summed E-state index contributed by atoms with van der Waals surface area (Å²) < 4.78 is 60.3. The highest BCUT2D eigenvalue weighted by Gasteiger charge is 2.32. The minimum Gasteiger partial charge on any atom is -0.379 e. The molecule has 3 aromatic rings. The number of carbonyl (C=O) groups excluding carboxylic acids is 1. The Hall–Kier alpha value is -3.81. The monoisotopic (exact) mass is 574 g/mol. The van der Waals surface area contributed by atoms with Crippen LogP contribution in [0, 0.1) is 5.82 Å². The molecule has 0 saturated carbocycles. The molecule has 0 aliphatic carbocycles. The summed E-state index contributed by atoms with van der Waals surface area (Å²) in [4.78, 5) is 35.6. The van der Waals surface area contributed by atoms with E-state index in [4.69, 9.17) is 4.74 Å². The lowest BCUT2D eigenvalue weighted by Crippen LogP contribution is -2.44. The van der Waals surface area contributed by atoms with Crippen molar-refractivity contribution < 1.29 is 27.1 Å². The van der Waals surface area contributed by atoms with Crippen molar-refractivity contribution in [1.82, 2.24) is 19.4 Å². The summed E-state index contributed by atoms with van der Waals surface area (Å²) in [5, 5.41) is 2.65. The molecule has 0 unspecified atom stereocenters. The first kappa shape index (κ1) is 28.7. The van der Waals surface area contributed by atoms with Gasteiger partial charge in [0, 0.05) is 75.4 Å². The first-order valence-corrected chi connectivity index (χ1v) is 13.2. The van der Waals surface area contributed by atoms with Gasteiger partial charge in [-0.3, -0.25) is 19.5 Å². The zero-order valence-electron chi connectivity index (χ0n) is 22.5. The van der Waals surface area contributed by atoms with E-state index < -0.39 is 28.2 Å². The molecule has 0 bridgehead atoms. The second kappa shape index (κ2) is 12.0. The highest BCUT2D eigenvalue weighted by atomic mass is 19.4. The molecule has 2 fully saturated rings. The van der Waals surface area contributed by atoms with Gasteiger partial charge in [-0.2, -0.15) is 0 Å². The van der Waals surface area contributed by atoms with Crippen LogP contribution < -0.4 is 15.8 Å². The van der Waals surface area contributed by atoms with Gasteiger partial charge in [-0.15, -0.1) is 13.2 Å². The van der Waals surface area contributed by atoms with Crippen LogP contribution in [0.1, 0.15) is 16.1 Å². The molecule has 218 valence electrons. The Morgan fingerprint density at radius 2 is 1.76 bits per heavy atom. The molecule has 4 heterocycles. The summed E-state index contributed by atoms with van der Waals surface area (Å²) >= 11 is 0. The first-order valence-electron chi connectivity index (χ1n) is 13.2. The maximum Gasteiger partial charge on any atom is 0.491 e. The number of morpholine rings is 1. The molecular formula is C28H30F4N6O3. The number of ether oxygens (including phenoxy) is 1. The normalized spacial score (nSPS) is 17.0. The second-order valence-electron chi connectivity index (χ2n) is 10.1. The number of alkyl halides is 3. The number of rotatable bonds is 6. The number of carbonyl (C=O) groups is 1. The van der Waals surface area contributed by atoms with E-state index in [1.807, 2.05) is 18.0 Å². The lowest BCUT2D eigenvalue weighted by atomic mass is 10.0. The van der Waals surface area contributed by atoms with Gasteiger partial charge in [-0.05, 0) is 31.3 Å². The van der Waals surface area contributed by atoms with Crippen molar-refractivity contribution in [2.45, 2.75) is 12.8 Å². The zero-order valence-corrected chi connectivity index (χ0v) is 22.5. The topological polar surface area (TPSA) is 82.9 Å². The van der Waals surface area contributed by atoms with Crippen molar-refractivity contribution in [2.75, 3.05) is 69.7 Å². The van der Waals surface area contributed by atoms with E-state index in [-0.39, 0.29) is 16.8 Å². The highest BCUT2D eigenvalue weighted by molar-refractivity contribution is 6.06. The van der Waals surface area contributed by atoms with Crippen molar-refractivity contribution in [3.8, 4) is 11.1 Å². The number of nitrogens with one attached hydrogen (secondary N) is 1. The molecule has 2 aromatic heterocycles. The summed E-state index contributed by atoms with van der Waals surface area (Å²) in [6.45, 7) is 6.11. The van der Waals surface area contributed by atoms with E-state index >= 15 is 4.39 Å². The van der Waals surface area contributed by atoms with Gasteiger partial charge in [0.25, 0.3) is 11.5 Å². The lowest BCUT2D eigenvalue weighted by molar-refractivity contribution is -0.206. The van der Waals surface area contributed by atoms with Crippen LogP contribution in [-0.4, -0.2) is 84.8 Å². The molecule has 2 aliphatic rings. The van der Waals surface area contributed by atoms with Gasteiger partial charge in [-0.25, -0.2) is 8.96 Å². The largest absolute Gasteiger partial charge is 0.491 e. The third kappa shape index (κ3) is 6.75. The summed E-state index contributed by atoms with van der Waals surface area (Å²) in [5.74, 6) is -1.39. The van der Waals surface area contributed by atoms with Crippen LogP contribution in [-0.2, 0) is 17.6 Å². The summed E-state index contributed by atoms with van der Waals surface area (Å²) in [6.07, 6.45) is -2.97. The van der Waals surface area contributed by atoms with Gasteiger partial charge in [0.1, 0.15) is 5.82 Å². The van der Waals surface area contributed by atoms with Crippen molar-refractivity contribution in [3.63, 3.8) is 0 Å². The maximum atomic E-state index is 15.5. The Kier molecular flexibility index (Phi) is 8.38. The van der Waals surface area contributed by atoms with E-state index in [9.17, 15) is 22.8 Å². The predicted octanol–water partition coefficient (Wildman–Crippen LogP) is 3.36. The van der Waals surface area contributed by atoms with Gasteiger partial charge in [-0.1, -0.05) is 6.07 Å². The average Bonchev–Trinajstić information content (AvgIpc) is 2.95. The minimum atomic E-state index is -4.98. The van der Waals surface area contributed by atoms with Crippen LogP contribution >= 0.6 is 0 Å². The van der Waals surface area contributed by atoms with Gasteiger partial charge in [0.05, 0.1) is 35.8 Å². The molecule has 0 radical (unpaired) electrons. The van der Waals surface area contributed by atoms with Gasteiger partial charge >= 0.3 is 6.30 Å². The molecule has 9 nitrogen and oxygen atoms in total. The van der Waals surface area contributed by atoms with E-state index in [1.54, 1.807) is 12.3 Å². The van der Waals surface area contributed by atoms with Crippen LogP contribution in [0.5, 0.6) is 0 Å². The van der Waals surface area contributed by atoms with Crippen LogP contribution in [0.3, 0.4) is 0 Å². The number of pyridine rings is 2. The Morgan fingerprint density at radius 3 is 2.41 bits per heavy atom. The number of hydrogen-bond acceptors (Lipinski definition) is 7. The molecule has 2 saturated heterocycles. The third-order valence-electron chi connectivity index (χ3n) is 7.25. The number of halogens is 4. The molecule has 5 rings (SSSR count). The van der Waals surface area contributed by atoms with E-state index in [0.29, 0.717) is 69.5 Å². The predicted molar refractivity (Wildman–Crippen MR) is 145 cm³/mol. The van der Waals surface area contributed by atoms with Crippen molar-refractivity contribution in [2.24, 2.45) is 0 Å². The molecule has 1 N–H and O–H groups in total. The maximum absolute atomic E-state index is 15.5. The number of piperazine rings is 1. The number of aromatic nitrogens is 2. The Balaban J connectivity index is 1.46. The molecule has 13 heteroatoms. The number of hydrogen-bond donors (Lipinski definition) is 1. The minimum absolute atomic E-state index is 0.184. The van der Waals surface area contributed by atoms with Crippen LogP contribution in [0.4, 0.5) is 28.9 Å². The number of anilines is 2. The van der Waals surface area contributed by atoms with E-state index in [0.717, 1.165) is 24.8 Å². The quantitative estimate of drug-likeness (QED) is 0.453. The standard InChI is InChI=1S/C28H30F4N6O3/c1-35-6-8-37(9-7-35)25-15-23(29)22(19-2-4-21(33-16-19)18-36-10-12-41-13-11-36)14-24(25)34-27(40)20-3-5-26(39)38(17-20)28(30,31)32/h2-5,14-17H,6-13,18H2,1H3,(H,34,40). The smallest absolute Gasteiger partial charge is 0.379 e. The molecule has 2 aliphatic heterocycles. The molecule has 41 heavy (non-hydrogen) atoms. The van der Waals surface area contributed by atoms with Crippen LogP contribution in [0.2, 0.25) is 0 Å². The molecule has 0 spiro atoms. The van der Waals surface area contributed by atoms with Crippen molar-refractivity contribution in [1.29, 1.82) is 0 Å². The van der Waals surface area contributed by atoms with Gasteiger partial charge in [0.15, 0.2) is 0 Å². The van der Waals surface area contributed by atoms with Crippen LogP contribution in [0.15, 0.2) is 53.6 Å². The van der Waals surface area contributed by atoms with E-state index in [2.05, 4.69) is 20.1 Å². The fourth-order valence-corrected chi connectivity index (χ4v) is 4.87. The summed E-state index contributed by atoms with van der Waals surface area (Å²) in [6, 6.07) is 8.08. The van der Waals surface area contributed by atoms with Gasteiger partial charge < -0.3 is 19.9 Å². The van der Waals surface area contributed by atoms with Gasteiger partial charge in [0.2, 0.25) is 0 Å². The average molecular weight is 575 g/mol. The number of nitrogens with zero attached hydrogens (tertiary/aromatic N) is 5. The zero-order chi connectivity index (χ0) is 29.1. The Labute approximate surface area is 233 Å².